The van der Waals surface area contributed by atoms with Crippen LogP contribution in [0.1, 0.15) is 12.5 Å². The molecule has 1 heterocycles. The predicted molar refractivity (Wildman–Crippen MR) is 70.2 cm³/mol. The van der Waals surface area contributed by atoms with Crippen molar-refractivity contribution < 1.29 is 24.2 Å². The van der Waals surface area contributed by atoms with Crippen molar-refractivity contribution in [2.24, 2.45) is 0 Å². The van der Waals surface area contributed by atoms with E-state index >= 15 is 0 Å². The molecule has 1 fully saturated rings. The lowest BCUT2D eigenvalue weighted by molar-refractivity contribution is -0.156. The van der Waals surface area contributed by atoms with Gasteiger partial charge in [0.15, 0.2) is 0 Å². The fraction of sp³-hybridized carbons (Fsp3) is 0.429. The number of rotatable bonds is 4. The number of ether oxygens (including phenoxy) is 2. The number of benzene rings is 1. The van der Waals surface area contributed by atoms with E-state index in [4.69, 9.17) is 9.47 Å². The van der Waals surface area contributed by atoms with E-state index in [0.29, 0.717) is 6.42 Å². The lowest BCUT2D eigenvalue weighted by Gasteiger charge is -2.17. The molecule has 3 atom stereocenters. The lowest BCUT2D eigenvalue weighted by Crippen LogP contribution is -2.36. The van der Waals surface area contributed by atoms with Gasteiger partial charge in [-0.15, -0.1) is 0 Å². The second kappa shape index (κ2) is 5.92. The van der Waals surface area contributed by atoms with Gasteiger partial charge in [0.05, 0.1) is 13.2 Å². The first-order chi connectivity index (χ1) is 9.51. The van der Waals surface area contributed by atoms with Crippen LogP contribution < -0.4 is 10.1 Å². The molecule has 6 heteroatoms. The van der Waals surface area contributed by atoms with Gasteiger partial charge < -0.3 is 19.9 Å². The van der Waals surface area contributed by atoms with Gasteiger partial charge >= 0.3 is 5.97 Å². The van der Waals surface area contributed by atoms with Crippen LogP contribution in [-0.4, -0.2) is 42.3 Å². The summed E-state index contributed by atoms with van der Waals surface area (Å²) in [4.78, 5) is 22.6. The van der Waals surface area contributed by atoms with E-state index in [2.05, 4.69) is 5.32 Å². The second-order valence-electron chi connectivity index (χ2n) is 4.69. The number of nitrogens with one attached hydrogen (secondary N) is 1. The molecule has 1 amide bonds. The molecule has 0 aliphatic carbocycles. The summed E-state index contributed by atoms with van der Waals surface area (Å²) in [5.41, 5.74) is 0.943. The summed E-state index contributed by atoms with van der Waals surface area (Å²) in [6.07, 6.45) is -1.72. The van der Waals surface area contributed by atoms with E-state index in [9.17, 15) is 14.7 Å². The molecule has 0 unspecified atom stereocenters. The highest BCUT2D eigenvalue weighted by atomic mass is 16.6. The lowest BCUT2D eigenvalue weighted by atomic mass is 10.0. The minimum absolute atomic E-state index is 0.453. The number of methoxy groups -OCH3 is 1. The summed E-state index contributed by atoms with van der Waals surface area (Å²) in [5, 5.41) is 12.7. The van der Waals surface area contributed by atoms with E-state index in [-0.39, 0.29) is 0 Å². The first-order valence-corrected chi connectivity index (χ1v) is 6.30. The third-order valence-electron chi connectivity index (χ3n) is 3.22. The minimum Gasteiger partial charge on any atom is -0.497 e. The Morgan fingerprint density at radius 2 is 2.00 bits per heavy atom. The summed E-state index contributed by atoms with van der Waals surface area (Å²) in [5.74, 6) is -0.317. The zero-order chi connectivity index (χ0) is 14.7. The Morgan fingerprint density at radius 1 is 1.35 bits per heavy atom. The fourth-order valence-corrected chi connectivity index (χ4v) is 2.21. The predicted octanol–water partition coefficient (Wildman–Crippen LogP) is 0.0287. The molecule has 0 bridgehead atoms. The summed E-state index contributed by atoms with van der Waals surface area (Å²) in [6.45, 7) is 1.21. The third kappa shape index (κ3) is 3.08. The van der Waals surface area contributed by atoms with Gasteiger partial charge in [0.25, 0.3) is 5.91 Å². The average molecular weight is 279 g/mol. The van der Waals surface area contributed by atoms with Gasteiger partial charge in [0.2, 0.25) is 6.10 Å². The number of esters is 1. The van der Waals surface area contributed by atoms with Crippen molar-refractivity contribution in [2.75, 3.05) is 7.11 Å². The Morgan fingerprint density at radius 3 is 2.55 bits per heavy atom. The number of carbonyl (C=O) groups excluding carboxylic acids is 2. The average Bonchev–Trinajstić information content (AvgIpc) is 2.67. The van der Waals surface area contributed by atoms with Crippen LogP contribution in [0.15, 0.2) is 24.3 Å². The molecule has 1 aromatic rings. The molecule has 1 saturated heterocycles. The van der Waals surface area contributed by atoms with Gasteiger partial charge in [0.1, 0.15) is 11.9 Å². The van der Waals surface area contributed by atoms with Crippen LogP contribution in [0, 0.1) is 0 Å². The molecule has 0 spiro atoms. The van der Waals surface area contributed by atoms with Crippen LogP contribution in [0.5, 0.6) is 5.75 Å². The quantitative estimate of drug-likeness (QED) is 0.760. The number of carbonyl (C=O) groups is 2. The Kier molecular flexibility index (Phi) is 4.24. The molecule has 20 heavy (non-hydrogen) atoms. The Hall–Kier alpha value is -2.08. The van der Waals surface area contributed by atoms with Crippen molar-refractivity contribution in [3.8, 4) is 5.75 Å². The normalized spacial score (nSPS) is 25.1. The Balaban J connectivity index is 2.02. The Bertz CT molecular complexity index is 499. The zero-order valence-electron chi connectivity index (χ0n) is 11.3. The largest absolute Gasteiger partial charge is 0.497 e. The number of hydrogen-bond donors (Lipinski definition) is 2. The highest BCUT2D eigenvalue weighted by Crippen LogP contribution is 2.19. The third-order valence-corrected chi connectivity index (χ3v) is 3.22. The molecular formula is C14H17NO5. The molecule has 2 rings (SSSR count). The smallest absolute Gasteiger partial charge is 0.303 e. The summed E-state index contributed by atoms with van der Waals surface area (Å²) in [7, 11) is 1.58. The van der Waals surface area contributed by atoms with Crippen molar-refractivity contribution in [1.29, 1.82) is 0 Å². The van der Waals surface area contributed by atoms with Gasteiger partial charge in [-0.3, -0.25) is 9.59 Å². The Labute approximate surface area is 116 Å². The summed E-state index contributed by atoms with van der Waals surface area (Å²) in [6, 6.07) is 6.86. The van der Waals surface area contributed by atoms with Gasteiger partial charge in [-0.1, -0.05) is 12.1 Å². The van der Waals surface area contributed by atoms with E-state index in [1.807, 2.05) is 24.3 Å². The number of amides is 1. The molecule has 6 nitrogen and oxygen atoms in total. The van der Waals surface area contributed by atoms with E-state index in [1.54, 1.807) is 7.11 Å². The van der Waals surface area contributed by atoms with Crippen LogP contribution in [0.2, 0.25) is 0 Å². The van der Waals surface area contributed by atoms with Gasteiger partial charge in [-0.05, 0) is 24.1 Å². The molecule has 1 aromatic carbocycles. The molecule has 2 N–H and O–H groups in total. The van der Waals surface area contributed by atoms with Crippen molar-refractivity contribution in [1.82, 2.24) is 5.32 Å². The first kappa shape index (κ1) is 14.3. The molecule has 1 aliphatic rings. The van der Waals surface area contributed by atoms with E-state index in [0.717, 1.165) is 11.3 Å². The molecule has 108 valence electrons. The molecule has 0 radical (unpaired) electrons. The summed E-state index contributed by atoms with van der Waals surface area (Å²) < 4.78 is 9.88. The van der Waals surface area contributed by atoms with Crippen LogP contribution >= 0.6 is 0 Å². The zero-order valence-corrected chi connectivity index (χ0v) is 11.3. The molecular weight excluding hydrogens is 262 g/mol. The number of hydrogen-bond acceptors (Lipinski definition) is 5. The van der Waals surface area contributed by atoms with Crippen molar-refractivity contribution in [2.45, 2.75) is 31.6 Å². The molecule has 0 aromatic heterocycles. The van der Waals surface area contributed by atoms with Gasteiger partial charge in [-0.25, -0.2) is 0 Å². The van der Waals surface area contributed by atoms with Gasteiger partial charge in [-0.2, -0.15) is 0 Å². The number of aliphatic hydroxyl groups is 1. The van der Waals surface area contributed by atoms with E-state index in [1.165, 1.54) is 6.92 Å². The maximum Gasteiger partial charge on any atom is 0.303 e. The van der Waals surface area contributed by atoms with Gasteiger partial charge in [0, 0.05) is 6.92 Å². The van der Waals surface area contributed by atoms with Crippen molar-refractivity contribution in [3.05, 3.63) is 29.8 Å². The number of aliphatic hydroxyl groups excluding tert-OH is 1. The molecule has 1 aliphatic heterocycles. The fourth-order valence-electron chi connectivity index (χ4n) is 2.21. The SMILES string of the molecule is COc1ccc(C[C@H]2NC(=O)[C@H](OC(C)=O)[C@H]2O)cc1. The van der Waals surface area contributed by atoms with E-state index < -0.39 is 30.1 Å². The standard InChI is InChI=1S/C14H17NO5/c1-8(16)20-13-12(17)11(15-14(13)18)7-9-3-5-10(19-2)6-4-9/h3-6,11-13,17H,7H2,1-2H3,(H,15,18)/t11-,12+,13-/m1/s1. The summed E-state index contributed by atoms with van der Waals surface area (Å²) >= 11 is 0. The monoisotopic (exact) mass is 279 g/mol. The maximum atomic E-state index is 11.7. The highest BCUT2D eigenvalue weighted by molar-refractivity contribution is 5.86. The first-order valence-electron chi connectivity index (χ1n) is 6.30. The second-order valence-corrected chi connectivity index (χ2v) is 4.69. The van der Waals surface area contributed by atoms with Crippen LogP contribution in [-0.2, 0) is 20.7 Å². The minimum atomic E-state index is -1.13. The van der Waals surface area contributed by atoms with Crippen LogP contribution in [0.25, 0.3) is 0 Å². The highest BCUT2D eigenvalue weighted by Gasteiger charge is 2.43. The van der Waals surface area contributed by atoms with Crippen molar-refractivity contribution in [3.63, 3.8) is 0 Å². The maximum absolute atomic E-state index is 11.7. The molecule has 0 saturated carbocycles. The topological polar surface area (TPSA) is 84.9 Å². The van der Waals surface area contributed by atoms with Crippen molar-refractivity contribution >= 4 is 11.9 Å². The van der Waals surface area contributed by atoms with Crippen LogP contribution in [0.3, 0.4) is 0 Å². The van der Waals surface area contributed by atoms with Crippen LogP contribution in [0.4, 0.5) is 0 Å².